The fourth-order valence-electron chi connectivity index (χ4n) is 0.0770. The van der Waals surface area contributed by atoms with Crippen LogP contribution in [0.3, 0.4) is 0 Å². The lowest BCUT2D eigenvalue weighted by Gasteiger charge is -1.89. The van der Waals surface area contributed by atoms with Gasteiger partial charge in [0, 0.05) is 0 Å². The van der Waals surface area contributed by atoms with E-state index in [0.717, 1.165) is 0 Å². The normalized spacial score (nSPS) is 9.25. The van der Waals surface area contributed by atoms with Crippen molar-refractivity contribution in [2.24, 2.45) is 0 Å². The Balaban J connectivity index is 3.83. The van der Waals surface area contributed by atoms with Gasteiger partial charge in [0.25, 0.3) is 0 Å². The van der Waals surface area contributed by atoms with Gasteiger partial charge in [-0.25, -0.2) is 0 Å². The highest BCUT2D eigenvalue weighted by molar-refractivity contribution is 7.80. The van der Waals surface area contributed by atoms with Crippen LogP contribution in [0.5, 0.6) is 0 Å². The Bertz CT molecular complexity index is 109. The van der Waals surface area contributed by atoms with Crippen molar-refractivity contribution in [1.29, 1.82) is 0 Å². The maximum Gasteiger partial charge on any atom is 0.495 e. The molecule has 8 heavy (non-hydrogen) atoms. The van der Waals surface area contributed by atoms with Crippen molar-refractivity contribution >= 4 is 12.6 Å². The molecule has 0 rings (SSSR count). The predicted octanol–water partition coefficient (Wildman–Crippen LogP) is -0.247. The first-order valence-electron chi connectivity index (χ1n) is 1.50. The van der Waals surface area contributed by atoms with Crippen molar-refractivity contribution in [1.82, 2.24) is 0 Å². The minimum absolute atomic E-state index is 1.09. The van der Waals surface area contributed by atoms with E-state index < -0.39 is 15.3 Å². The zero-order chi connectivity index (χ0) is 6.73. The van der Waals surface area contributed by atoms with Crippen molar-refractivity contribution in [2.75, 3.05) is 0 Å². The van der Waals surface area contributed by atoms with Crippen LogP contribution in [0.25, 0.3) is 0 Å². The number of hydrogen-bond acceptors (Lipinski definition) is 5. The third kappa shape index (κ3) is 1.73. The van der Waals surface area contributed by atoms with Gasteiger partial charge >= 0.3 is 5.50 Å². The molecule has 0 heterocycles. The van der Waals surface area contributed by atoms with Gasteiger partial charge in [-0.3, -0.25) is 20.2 Å². The molecule has 6 nitrogen and oxygen atoms in total. The number of nitrogens with zero attached hydrogens (tertiary/aromatic N) is 2. The first kappa shape index (κ1) is 7.15. The summed E-state index contributed by atoms with van der Waals surface area (Å²) in [7, 11) is 0. The molecule has 0 atom stereocenters. The van der Waals surface area contributed by atoms with Gasteiger partial charge in [0.2, 0.25) is 0 Å². The third-order valence-corrected chi connectivity index (χ3v) is 0.754. The summed E-state index contributed by atoms with van der Waals surface area (Å²) < 4.78 is 0. The summed E-state index contributed by atoms with van der Waals surface area (Å²) in [4.78, 5) is 16.7. The quantitative estimate of drug-likeness (QED) is 0.247. The second-order valence-corrected chi connectivity index (χ2v) is 1.38. The van der Waals surface area contributed by atoms with E-state index in [-0.39, 0.29) is 0 Å². The molecule has 0 spiro atoms. The molecule has 0 amide bonds. The SMILES string of the molecule is O=[N+]([O-])C(S)[N+](=O)[O-]. The summed E-state index contributed by atoms with van der Waals surface area (Å²) >= 11 is 3.02. The van der Waals surface area contributed by atoms with Crippen LogP contribution < -0.4 is 0 Å². The Hall–Kier alpha value is -0.850. The summed E-state index contributed by atoms with van der Waals surface area (Å²) in [6.07, 6.45) is 0. The molecule has 0 saturated carbocycles. The second kappa shape index (κ2) is 2.46. The van der Waals surface area contributed by atoms with Gasteiger partial charge in [-0.05, 0) is 12.6 Å². The van der Waals surface area contributed by atoms with E-state index in [1.807, 2.05) is 0 Å². The van der Waals surface area contributed by atoms with Gasteiger partial charge in [0.1, 0.15) is 9.85 Å². The molecule has 0 unspecified atom stereocenters. The van der Waals surface area contributed by atoms with E-state index in [4.69, 9.17) is 0 Å². The lowest BCUT2D eigenvalue weighted by atomic mass is 11.2. The topological polar surface area (TPSA) is 86.3 Å². The summed E-state index contributed by atoms with van der Waals surface area (Å²) in [5, 5.41) is 18.9. The van der Waals surface area contributed by atoms with Gasteiger partial charge in [-0.1, -0.05) is 0 Å². The Labute approximate surface area is 49.2 Å². The monoisotopic (exact) mass is 138 g/mol. The molecule has 0 radical (unpaired) electrons. The number of rotatable bonds is 2. The summed E-state index contributed by atoms with van der Waals surface area (Å²) in [6, 6.07) is 0. The fraction of sp³-hybridized carbons (Fsp3) is 1.00. The Kier molecular flexibility index (Phi) is 2.19. The maximum absolute atomic E-state index is 9.43. The molecule has 0 aromatic carbocycles. The summed E-state index contributed by atoms with van der Waals surface area (Å²) in [5.74, 6) is 0. The van der Waals surface area contributed by atoms with Crippen molar-refractivity contribution in [3.05, 3.63) is 20.2 Å². The van der Waals surface area contributed by atoms with Crippen molar-refractivity contribution < 1.29 is 9.85 Å². The zero-order valence-electron chi connectivity index (χ0n) is 3.55. The standard InChI is InChI=1S/CH2N2O4S/c4-2(5)1(8)3(6)7/h1,8H. The highest BCUT2D eigenvalue weighted by Gasteiger charge is 2.24. The second-order valence-electron chi connectivity index (χ2n) is 0.917. The maximum atomic E-state index is 9.43. The Morgan fingerprint density at radius 3 is 1.50 bits per heavy atom. The van der Waals surface area contributed by atoms with Crippen molar-refractivity contribution in [3.8, 4) is 0 Å². The molecule has 0 N–H and O–H groups in total. The Morgan fingerprint density at radius 1 is 1.25 bits per heavy atom. The average Bonchev–Trinajstić information content (AvgIpc) is 1.64. The minimum Gasteiger partial charge on any atom is -0.258 e. The highest BCUT2D eigenvalue weighted by Crippen LogP contribution is 1.93. The number of hydrogen-bond donors (Lipinski definition) is 1. The largest absolute Gasteiger partial charge is 0.495 e. The van der Waals surface area contributed by atoms with E-state index in [0.29, 0.717) is 0 Å². The molecular formula is CH2N2O4S. The first-order valence-corrected chi connectivity index (χ1v) is 2.02. The molecule has 0 aromatic heterocycles. The van der Waals surface area contributed by atoms with Crippen LogP contribution in [-0.2, 0) is 0 Å². The lowest BCUT2D eigenvalue weighted by Crippen LogP contribution is -2.21. The van der Waals surface area contributed by atoms with E-state index in [1.54, 1.807) is 0 Å². The van der Waals surface area contributed by atoms with Crippen LogP contribution in [-0.4, -0.2) is 15.3 Å². The molecule has 46 valence electrons. The molecule has 0 aromatic rings. The van der Waals surface area contributed by atoms with Crippen molar-refractivity contribution in [3.63, 3.8) is 0 Å². The molecule has 7 heteroatoms. The molecule has 0 aliphatic carbocycles. The van der Waals surface area contributed by atoms with Crippen LogP contribution >= 0.6 is 12.6 Å². The average molecular weight is 138 g/mol. The third-order valence-electron chi connectivity index (χ3n) is 0.377. The van der Waals surface area contributed by atoms with E-state index in [9.17, 15) is 20.2 Å². The minimum atomic E-state index is -1.99. The van der Waals surface area contributed by atoms with Crippen LogP contribution in [0.2, 0.25) is 0 Å². The first-order chi connectivity index (χ1) is 3.55. The molecule has 0 aliphatic rings. The molecule has 0 saturated heterocycles. The zero-order valence-corrected chi connectivity index (χ0v) is 4.45. The lowest BCUT2D eigenvalue weighted by molar-refractivity contribution is -0.709. The van der Waals surface area contributed by atoms with E-state index >= 15 is 0 Å². The fourth-order valence-corrected chi connectivity index (χ4v) is 0.0770. The van der Waals surface area contributed by atoms with E-state index in [1.165, 1.54) is 0 Å². The summed E-state index contributed by atoms with van der Waals surface area (Å²) in [5.41, 5.74) is -1.99. The van der Waals surface area contributed by atoms with Gasteiger partial charge in [-0.2, -0.15) is 0 Å². The Morgan fingerprint density at radius 2 is 1.50 bits per heavy atom. The van der Waals surface area contributed by atoms with Gasteiger partial charge in [-0.15, -0.1) is 0 Å². The molecular weight excluding hydrogens is 136 g/mol. The summed E-state index contributed by atoms with van der Waals surface area (Å²) in [6.45, 7) is 0. The van der Waals surface area contributed by atoms with Crippen LogP contribution in [0.1, 0.15) is 0 Å². The van der Waals surface area contributed by atoms with Crippen molar-refractivity contribution in [2.45, 2.75) is 5.50 Å². The van der Waals surface area contributed by atoms with Crippen LogP contribution in [0.4, 0.5) is 0 Å². The van der Waals surface area contributed by atoms with Gasteiger partial charge in [0.15, 0.2) is 0 Å². The number of nitro groups is 2. The molecule has 0 aliphatic heterocycles. The van der Waals surface area contributed by atoms with Gasteiger partial charge < -0.3 is 0 Å². The number of thiol groups is 1. The van der Waals surface area contributed by atoms with Crippen LogP contribution in [0, 0.1) is 20.2 Å². The van der Waals surface area contributed by atoms with E-state index in [2.05, 4.69) is 12.6 Å². The molecule has 0 bridgehead atoms. The predicted molar refractivity (Wildman–Crippen MR) is 26.8 cm³/mol. The smallest absolute Gasteiger partial charge is 0.258 e. The van der Waals surface area contributed by atoms with Crippen LogP contribution in [0.15, 0.2) is 0 Å². The van der Waals surface area contributed by atoms with Gasteiger partial charge in [0.05, 0.1) is 0 Å². The highest BCUT2D eigenvalue weighted by atomic mass is 32.1. The molecule has 0 fully saturated rings.